The first-order valence-corrected chi connectivity index (χ1v) is 13.4. The number of likely N-dealkylation sites (N-methyl/N-ethyl adjacent to an activating group) is 1. The number of nitrogens with zero attached hydrogens (tertiary/aromatic N) is 2. The van der Waals surface area contributed by atoms with Crippen LogP contribution in [0, 0.1) is 6.92 Å². The van der Waals surface area contributed by atoms with Gasteiger partial charge in [-0.05, 0) is 43.7 Å². The van der Waals surface area contributed by atoms with Gasteiger partial charge in [0, 0.05) is 19.7 Å². The minimum Gasteiger partial charge on any atom is -0.497 e. The molecule has 0 radical (unpaired) electrons. The minimum absolute atomic E-state index is 0.00209. The predicted octanol–water partition coefficient (Wildman–Crippen LogP) is 3.37. The lowest BCUT2D eigenvalue weighted by Gasteiger charge is -2.32. The third kappa shape index (κ3) is 6.44. The number of methoxy groups -OCH3 is 2. The van der Waals surface area contributed by atoms with Gasteiger partial charge in [0.05, 0.1) is 24.8 Å². The van der Waals surface area contributed by atoms with Crippen LogP contribution in [0.5, 0.6) is 11.5 Å². The van der Waals surface area contributed by atoms with E-state index in [9.17, 15) is 18.0 Å². The van der Waals surface area contributed by atoms with Crippen molar-refractivity contribution in [2.24, 2.45) is 0 Å². The number of sulfonamides is 1. The summed E-state index contributed by atoms with van der Waals surface area (Å²) < 4.78 is 39.6. The van der Waals surface area contributed by atoms with Crippen LogP contribution in [0.15, 0.2) is 77.7 Å². The average molecular weight is 540 g/mol. The lowest BCUT2D eigenvalue weighted by molar-refractivity contribution is -0.139. The van der Waals surface area contributed by atoms with E-state index >= 15 is 0 Å². The van der Waals surface area contributed by atoms with Crippen molar-refractivity contribution in [1.29, 1.82) is 0 Å². The predicted molar refractivity (Wildman–Crippen MR) is 146 cm³/mol. The summed E-state index contributed by atoms with van der Waals surface area (Å²) in [5.74, 6) is -0.311. The number of anilines is 1. The summed E-state index contributed by atoms with van der Waals surface area (Å²) in [5.41, 5.74) is 1.94. The van der Waals surface area contributed by atoms with Crippen LogP contribution in [0.4, 0.5) is 5.69 Å². The Kier molecular flexibility index (Phi) is 9.35. The summed E-state index contributed by atoms with van der Waals surface area (Å²) in [7, 11) is 0.140. The normalized spacial score (nSPS) is 11.8. The molecule has 9 nitrogen and oxygen atoms in total. The third-order valence-electron chi connectivity index (χ3n) is 6.11. The van der Waals surface area contributed by atoms with Crippen molar-refractivity contribution in [2.45, 2.75) is 31.3 Å². The number of ether oxygens (including phenoxy) is 2. The van der Waals surface area contributed by atoms with E-state index in [1.165, 1.54) is 44.4 Å². The van der Waals surface area contributed by atoms with Crippen molar-refractivity contribution in [1.82, 2.24) is 10.2 Å². The molecule has 2 amide bonds. The van der Waals surface area contributed by atoms with Crippen LogP contribution in [-0.2, 0) is 26.2 Å². The summed E-state index contributed by atoms with van der Waals surface area (Å²) in [5, 5.41) is 2.57. The molecule has 3 aromatic carbocycles. The number of carbonyl (C=O) groups is 2. The van der Waals surface area contributed by atoms with Crippen molar-refractivity contribution in [3.63, 3.8) is 0 Å². The fourth-order valence-corrected chi connectivity index (χ4v) is 5.46. The molecule has 1 atom stereocenters. The number of hydrogen-bond donors (Lipinski definition) is 1. The minimum atomic E-state index is -4.22. The zero-order chi connectivity index (χ0) is 27.9. The number of nitrogens with one attached hydrogen (secondary N) is 1. The highest BCUT2D eigenvalue weighted by Gasteiger charge is 2.33. The molecular formula is C28H33N3O6S. The van der Waals surface area contributed by atoms with E-state index in [1.807, 2.05) is 31.2 Å². The number of rotatable bonds is 11. The second-order valence-electron chi connectivity index (χ2n) is 8.66. The highest BCUT2D eigenvalue weighted by molar-refractivity contribution is 7.92. The summed E-state index contributed by atoms with van der Waals surface area (Å²) in [4.78, 5) is 27.8. The van der Waals surface area contributed by atoms with Crippen LogP contribution >= 0.6 is 0 Å². The molecule has 1 N–H and O–H groups in total. The van der Waals surface area contributed by atoms with Crippen LogP contribution in [0.2, 0.25) is 0 Å². The van der Waals surface area contributed by atoms with Gasteiger partial charge in [-0.15, -0.1) is 0 Å². The maximum atomic E-state index is 13.9. The molecular weight excluding hydrogens is 506 g/mol. The van der Waals surface area contributed by atoms with Crippen LogP contribution < -0.4 is 19.1 Å². The van der Waals surface area contributed by atoms with E-state index in [0.717, 1.165) is 15.4 Å². The molecule has 0 aromatic heterocycles. The molecule has 0 bridgehead atoms. The first-order valence-electron chi connectivity index (χ1n) is 12.0. The van der Waals surface area contributed by atoms with Crippen LogP contribution in [-0.4, -0.2) is 59.0 Å². The third-order valence-corrected chi connectivity index (χ3v) is 7.89. The lowest BCUT2D eigenvalue weighted by atomic mass is 10.1. The number of aryl methyl sites for hydroxylation is 1. The number of hydrogen-bond acceptors (Lipinski definition) is 6. The van der Waals surface area contributed by atoms with Gasteiger partial charge in [-0.2, -0.15) is 0 Å². The monoisotopic (exact) mass is 539 g/mol. The molecule has 3 rings (SSSR count). The zero-order valence-corrected chi connectivity index (χ0v) is 23.0. The molecule has 0 saturated carbocycles. The van der Waals surface area contributed by atoms with Crippen LogP contribution in [0.3, 0.4) is 0 Å². The van der Waals surface area contributed by atoms with Crippen molar-refractivity contribution < 1.29 is 27.5 Å². The summed E-state index contributed by atoms with van der Waals surface area (Å²) in [6, 6.07) is 19.2. The Balaban J connectivity index is 2.11. The van der Waals surface area contributed by atoms with Crippen molar-refractivity contribution >= 4 is 27.5 Å². The molecule has 0 heterocycles. The highest BCUT2D eigenvalue weighted by Crippen LogP contribution is 2.36. The maximum absolute atomic E-state index is 13.9. The molecule has 0 saturated heterocycles. The van der Waals surface area contributed by atoms with Gasteiger partial charge in [0.15, 0.2) is 0 Å². The first-order chi connectivity index (χ1) is 18.1. The Labute approximate surface area is 224 Å². The maximum Gasteiger partial charge on any atom is 0.264 e. The van der Waals surface area contributed by atoms with Crippen molar-refractivity contribution in [3.05, 3.63) is 83.9 Å². The van der Waals surface area contributed by atoms with Crippen molar-refractivity contribution in [2.75, 3.05) is 32.1 Å². The molecule has 10 heteroatoms. The lowest BCUT2D eigenvalue weighted by Crippen LogP contribution is -2.50. The molecule has 0 spiro atoms. The van der Waals surface area contributed by atoms with Gasteiger partial charge in [-0.1, -0.05) is 48.0 Å². The van der Waals surface area contributed by atoms with Gasteiger partial charge < -0.3 is 19.7 Å². The molecule has 0 aliphatic heterocycles. The van der Waals surface area contributed by atoms with Gasteiger partial charge in [-0.3, -0.25) is 13.9 Å². The quantitative estimate of drug-likeness (QED) is 0.401. The van der Waals surface area contributed by atoms with E-state index in [0.29, 0.717) is 5.75 Å². The molecule has 202 valence electrons. The van der Waals surface area contributed by atoms with Crippen LogP contribution in [0.25, 0.3) is 0 Å². The van der Waals surface area contributed by atoms with Crippen LogP contribution in [0.1, 0.15) is 18.1 Å². The smallest absolute Gasteiger partial charge is 0.264 e. The Hall–Kier alpha value is -4.05. The molecule has 0 aliphatic carbocycles. The SMILES string of the molecule is CNC(=O)[C@@H](C)N(Cc1cccc(C)c1)C(=O)CN(c1cc(OC)ccc1OC)S(=O)(=O)c1ccccc1. The van der Waals surface area contributed by atoms with Gasteiger partial charge in [0.1, 0.15) is 24.1 Å². The number of amides is 2. The molecule has 3 aromatic rings. The van der Waals surface area contributed by atoms with E-state index < -0.39 is 28.5 Å². The summed E-state index contributed by atoms with van der Waals surface area (Å²) in [6.45, 7) is 3.08. The van der Waals surface area contributed by atoms with E-state index in [1.54, 1.807) is 37.3 Å². The van der Waals surface area contributed by atoms with Gasteiger partial charge in [0.2, 0.25) is 11.8 Å². The second-order valence-corrected chi connectivity index (χ2v) is 10.5. The topological polar surface area (TPSA) is 105 Å². The van der Waals surface area contributed by atoms with Crippen molar-refractivity contribution in [3.8, 4) is 11.5 Å². The summed E-state index contributed by atoms with van der Waals surface area (Å²) >= 11 is 0. The van der Waals surface area contributed by atoms with E-state index in [2.05, 4.69) is 5.32 Å². The number of carbonyl (C=O) groups excluding carboxylic acids is 2. The Morgan fingerprint density at radius 1 is 0.947 bits per heavy atom. The van der Waals surface area contributed by atoms with Gasteiger partial charge in [-0.25, -0.2) is 8.42 Å². The standard InChI is InChI=1S/C28H33N3O6S/c1-20-10-9-11-22(16-20)18-30(21(2)28(33)29-3)27(32)19-31(38(34,35)24-12-7-6-8-13-24)25-17-23(36-4)14-15-26(25)37-5/h6-17,21H,18-19H2,1-5H3,(H,29,33)/t21-/m1/s1. The Bertz CT molecular complexity index is 1380. The fourth-order valence-electron chi connectivity index (χ4n) is 4.02. The largest absolute Gasteiger partial charge is 0.497 e. The average Bonchev–Trinajstić information content (AvgIpc) is 2.93. The first kappa shape index (κ1) is 28.5. The fraction of sp³-hybridized carbons (Fsp3) is 0.286. The number of benzene rings is 3. The van der Waals surface area contributed by atoms with E-state index in [-0.39, 0.29) is 28.8 Å². The zero-order valence-electron chi connectivity index (χ0n) is 22.2. The molecule has 0 aliphatic rings. The summed E-state index contributed by atoms with van der Waals surface area (Å²) in [6.07, 6.45) is 0. The Morgan fingerprint density at radius 2 is 1.66 bits per heavy atom. The molecule has 0 unspecified atom stereocenters. The van der Waals surface area contributed by atoms with Gasteiger partial charge in [0.25, 0.3) is 10.0 Å². The van der Waals surface area contributed by atoms with Gasteiger partial charge >= 0.3 is 0 Å². The second kappa shape index (κ2) is 12.5. The molecule has 0 fully saturated rings. The van der Waals surface area contributed by atoms with E-state index in [4.69, 9.17) is 9.47 Å². The molecule has 38 heavy (non-hydrogen) atoms. The highest BCUT2D eigenvalue weighted by atomic mass is 32.2. The Morgan fingerprint density at radius 3 is 2.26 bits per heavy atom.